The fourth-order valence-corrected chi connectivity index (χ4v) is 1.64. The second-order valence-corrected chi connectivity index (χ2v) is 4.21. The molecule has 76 valence electrons. The van der Waals surface area contributed by atoms with Crippen LogP contribution in [0.15, 0.2) is 53.1 Å². The van der Waals surface area contributed by atoms with Crippen LogP contribution in [-0.4, -0.2) is 4.98 Å². The third-order valence-corrected chi connectivity index (χ3v) is 2.70. The van der Waals surface area contributed by atoms with Crippen molar-refractivity contribution in [3.8, 4) is 0 Å². The number of rotatable bonds is 2. The number of hydrogen-bond acceptors (Lipinski definition) is 2. The molecular weight excluding hydrogens is 252 g/mol. The quantitative estimate of drug-likeness (QED) is 0.904. The van der Waals surface area contributed by atoms with Crippen LogP contribution in [0, 0.1) is 0 Å². The van der Waals surface area contributed by atoms with Gasteiger partial charge in [-0.25, -0.2) is 0 Å². The van der Waals surface area contributed by atoms with Crippen LogP contribution in [0.2, 0.25) is 0 Å². The summed E-state index contributed by atoms with van der Waals surface area (Å²) in [5.74, 6) is 0. The number of pyridine rings is 1. The molecule has 1 atom stereocenters. The molecule has 2 aromatic rings. The van der Waals surface area contributed by atoms with Crippen molar-refractivity contribution in [2.75, 3.05) is 0 Å². The van der Waals surface area contributed by atoms with Crippen molar-refractivity contribution < 1.29 is 0 Å². The molecule has 2 nitrogen and oxygen atoms in total. The topological polar surface area (TPSA) is 38.9 Å². The molecule has 15 heavy (non-hydrogen) atoms. The average Bonchev–Trinajstić information content (AvgIpc) is 2.30. The van der Waals surface area contributed by atoms with Crippen molar-refractivity contribution in [2.45, 2.75) is 6.04 Å². The summed E-state index contributed by atoms with van der Waals surface area (Å²) in [6.45, 7) is 0. The van der Waals surface area contributed by atoms with Gasteiger partial charge in [0, 0.05) is 10.7 Å². The van der Waals surface area contributed by atoms with E-state index < -0.39 is 0 Å². The Hall–Kier alpha value is -1.19. The first-order chi connectivity index (χ1) is 7.27. The highest BCUT2D eigenvalue weighted by Gasteiger charge is 2.08. The van der Waals surface area contributed by atoms with Gasteiger partial charge in [0.05, 0.1) is 11.7 Å². The molecule has 2 N–H and O–H groups in total. The molecule has 3 heteroatoms. The molecule has 0 fully saturated rings. The summed E-state index contributed by atoms with van der Waals surface area (Å²) in [5.41, 5.74) is 8.04. The van der Waals surface area contributed by atoms with E-state index in [1.165, 1.54) is 0 Å². The van der Waals surface area contributed by atoms with Gasteiger partial charge >= 0.3 is 0 Å². The summed E-state index contributed by atoms with van der Waals surface area (Å²) < 4.78 is 0.964. The molecule has 1 heterocycles. The molecule has 0 bridgehead atoms. The lowest BCUT2D eigenvalue weighted by Gasteiger charge is -2.10. The molecule has 0 amide bonds. The normalized spacial score (nSPS) is 12.4. The minimum Gasteiger partial charge on any atom is -0.319 e. The van der Waals surface area contributed by atoms with Gasteiger partial charge in [-0.15, -0.1) is 0 Å². The van der Waals surface area contributed by atoms with Crippen LogP contribution in [0.1, 0.15) is 17.3 Å². The highest BCUT2D eigenvalue weighted by atomic mass is 79.9. The van der Waals surface area contributed by atoms with E-state index in [1.807, 2.05) is 42.5 Å². The molecule has 1 unspecified atom stereocenters. The van der Waals surface area contributed by atoms with Gasteiger partial charge < -0.3 is 5.73 Å². The predicted molar refractivity (Wildman–Crippen MR) is 64.4 cm³/mol. The first-order valence-corrected chi connectivity index (χ1v) is 5.48. The zero-order valence-corrected chi connectivity index (χ0v) is 9.68. The average molecular weight is 263 g/mol. The monoisotopic (exact) mass is 262 g/mol. The number of hydrogen-bond donors (Lipinski definition) is 1. The molecule has 1 aromatic heterocycles. The number of nitrogens with zero attached hydrogens (tertiary/aromatic N) is 1. The standard InChI is InChI=1S/C12H11BrN2/c13-10-6-7-11(15-8-10)12(14)9-4-2-1-3-5-9/h1-8,12H,14H2. The van der Waals surface area contributed by atoms with Gasteiger partial charge in [0.25, 0.3) is 0 Å². The molecule has 2 rings (SSSR count). The van der Waals surface area contributed by atoms with Crippen LogP contribution in [0.5, 0.6) is 0 Å². The van der Waals surface area contributed by atoms with Gasteiger partial charge in [0.2, 0.25) is 0 Å². The molecule has 0 aliphatic rings. The van der Waals surface area contributed by atoms with Crippen LogP contribution in [0.25, 0.3) is 0 Å². The van der Waals surface area contributed by atoms with E-state index in [0.717, 1.165) is 15.7 Å². The summed E-state index contributed by atoms with van der Waals surface area (Å²) >= 11 is 3.35. The molecule has 0 aliphatic heterocycles. The molecule has 1 aromatic carbocycles. The summed E-state index contributed by atoms with van der Waals surface area (Å²) in [6.07, 6.45) is 1.76. The van der Waals surface area contributed by atoms with Crippen molar-refractivity contribution in [2.24, 2.45) is 5.73 Å². The number of halogens is 1. The Morgan fingerprint density at radius 2 is 1.80 bits per heavy atom. The van der Waals surface area contributed by atoms with Gasteiger partial charge in [0.1, 0.15) is 0 Å². The van der Waals surface area contributed by atoms with Crippen molar-refractivity contribution in [3.63, 3.8) is 0 Å². The van der Waals surface area contributed by atoms with Crippen LogP contribution >= 0.6 is 15.9 Å². The van der Waals surface area contributed by atoms with Gasteiger partial charge in [-0.2, -0.15) is 0 Å². The van der Waals surface area contributed by atoms with E-state index in [2.05, 4.69) is 20.9 Å². The Morgan fingerprint density at radius 3 is 2.40 bits per heavy atom. The van der Waals surface area contributed by atoms with E-state index in [0.29, 0.717) is 0 Å². The predicted octanol–water partition coefficient (Wildman–Crippen LogP) is 2.89. The highest BCUT2D eigenvalue weighted by molar-refractivity contribution is 9.10. The lowest BCUT2D eigenvalue weighted by Crippen LogP contribution is -2.13. The summed E-state index contributed by atoms with van der Waals surface area (Å²) in [5, 5.41) is 0. The molecule has 0 saturated carbocycles. The van der Waals surface area contributed by atoms with Gasteiger partial charge in [-0.3, -0.25) is 4.98 Å². The number of nitrogens with two attached hydrogens (primary N) is 1. The first-order valence-electron chi connectivity index (χ1n) is 4.69. The Balaban J connectivity index is 2.29. The fourth-order valence-electron chi connectivity index (χ4n) is 1.40. The molecular formula is C12H11BrN2. The van der Waals surface area contributed by atoms with Crippen LogP contribution in [0.3, 0.4) is 0 Å². The minimum atomic E-state index is -0.153. The Morgan fingerprint density at radius 1 is 1.07 bits per heavy atom. The maximum Gasteiger partial charge on any atom is 0.0726 e. The van der Waals surface area contributed by atoms with Crippen molar-refractivity contribution in [1.82, 2.24) is 4.98 Å². The Kier molecular flexibility index (Phi) is 3.14. The van der Waals surface area contributed by atoms with Crippen LogP contribution < -0.4 is 5.73 Å². The van der Waals surface area contributed by atoms with Gasteiger partial charge in [0.15, 0.2) is 0 Å². The lowest BCUT2D eigenvalue weighted by molar-refractivity contribution is 0.828. The lowest BCUT2D eigenvalue weighted by atomic mass is 10.0. The van der Waals surface area contributed by atoms with Crippen molar-refractivity contribution in [1.29, 1.82) is 0 Å². The van der Waals surface area contributed by atoms with Crippen LogP contribution in [0.4, 0.5) is 0 Å². The second-order valence-electron chi connectivity index (χ2n) is 3.29. The number of aromatic nitrogens is 1. The second kappa shape index (κ2) is 4.55. The third-order valence-electron chi connectivity index (χ3n) is 2.23. The SMILES string of the molecule is NC(c1ccccc1)c1ccc(Br)cn1. The molecule has 0 radical (unpaired) electrons. The Bertz CT molecular complexity index is 425. The van der Waals surface area contributed by atoms with Crippen molar-refractivity contribution >= 4 is 15.9 Å². The zero-order chi connectivity index (χ0) is 10.7. The van der Waals surface area contributed by atoms with Crippen molar-refractivity contribution in [3.05, 3.63) is 64.4 Å². The smallest absolute Gasteiger partial charge is 0.0726 e. The van der Waals surface area contributed by atoms with E-state index in [9.17, 15) is 0 Å². The van der Waals surface area contributed by atoms with E-state index >= 15 is 0 Å². The Labute approximate surface area is 97.3 Å². The highest BCUT2D eigenvalue weighted by Crippen LogP contribution is 2.18. The van der Waals surface area contributed by atoms with E-state index in [1.54, 1.807) is 6.20 Å². The summed E-state index contributed by atoms with van der Waals surface area (Å²) in [6, 6.07) is 13.7. The van der Waals surface area contributed by atoms with Crippen LogP contribution in [-0.2, 0) is 0 Å². The maximum atomic E-state index is 6.09. The largest absolute Gasteiger partial charge is 0.319 e. The molecule has 0 aliphatic carbocycles. The van der Waals surface area contributed by atoms with Gasteiger partial charge in [-0.05, 0) is 33.6 Å². The molecule has 0 spiro atoms. The summed E-state index contributed by atoms with van der Waals surface area (Å²) in [7, 11) is 0. The molecule has 0 saturated heterocycles. The number of benzene rings is 1. The van der Waals surface area contributed by atoms with E-state index in [-0.39, 0.29) is 6.04 Å². The van der Waals surface area contributed by atoms with E-state index in [4.69, 9.17) is 5.73 Å². The zero-order valence-electron chi connectivity index (χ0n) is 8.10. The van der Waals surface area contributed by atoms with Gasteiger partial charge in [-0.1, -0.05) is 30.3 Å². The minimum absolute atomic E-state index is 0.153. The fraction of sp³-hybridized carbons (Fsp3) is 0.0833. The summed E-state index contributed by atoms with van der Waals surface area (Å²) in [4.78, 5) is 4.28. The first kappa shape index (κ1) is 10.3. The maximum absolute atomic E-state index is 6.09. The third kappa shape index (κ3) is 2.43.